The monoisotopic (exact) mass is 340 g/mol. The molecule has 1 saturated heterocycles. The first-order chi connectivity index (χ1) is 12.1. The molecule has 0 aliphatic carbocycles. The Hall–Kier alpha value is -2.70. The molecular weight excluding hydrogens is 316 g/mol. The zero-order valence-electron chi connectivity index (χ0n) is 14.7. The second kappa shape index (κ2) is 7.92. The van der Waals surface area contributed by atoms with Crippen molar-refractivity contribution in [1.29, 1.82) is 0 Å². The third kappa shape index (κ3) is 4.43. The number of likely N-dealkylation sites (tertiary alicyclic amines) is 1. The van der Waals surface area contributed by atoms with Crippen molar-refractivity contribution in [3.8, 4) is 0 Å². The second-order valence-corrected chi connectivity index (χ2v) is 6.49. The first-order valence-corrected chi connectivity index (χ1v) is 8.59. The number of carbonyl (C=O) groups excluding carboxylic acids is 1. The molecule has 3 rings (SSSR count). The van der Waals surface area contributed by atoms with E-state index < -0.39 is 0 Å². The fourth-order valence-corrected chi connectivity index (χ4v) is 3.02. The third-order valence-corrected chi connectivity index (χ3v) is 4.42. The maximum Gasteiger partial charge on any atom is 0.255 e. The molecule has 7 heteroatoms. The Balaban J connectivity index is 1.57. The molecule has 3 heterocycles. The maximum absolute atomic E-state index is 12.5. The van der Waals surface area contributed by atoms with E-state index in [1.807, 2.05) is 36.2 Å². The molecule has 7 nitrogen and oxygen atoms in total. The Morgan fingerprint density at radius 3 is 2.72 bits per heavy atom. The highest BCUT2D eigenvalue weighted by Crippen LogP contribution is 2.19. The minimum atomic E-state index is 0.0348. The molecule has 132 valence electrons. The quantitative estimate of drug-likeness (QED) is 0.918. The van der Waals surface area contributed by atoms with E-state index in [2.05, 4.69) is 26.6 Å². The van der Waals surface area contributed by atoms with Crippen LogP contribution in [-0.4, -0.2) is 59.2 Å². The van der Waals surface area contributed by atoms with E-state index >= 15 is 0 Å². The minimum absolute atomic E-state index is 0.0348. The largest absolute Gasteiger partial charge is 0.381 e. The zero-order valence-corrected chi connectivity index (χ0v) is 14.7. The number of hydrogen-bond acceptors (Lipinski definition) is 6. The number of aromatic nitrogens is 3. The van der Waals surface area contributed by atoms with Gasteiger partial charge >= 0.3 is 0 Å². The Labute approximate surface area is 148 Å². The molecule has 1 aliphatic rings. The number of anilines is 2. The zero-order chi connectivity index (χ0) is 17.6. The van der Waals surface area contributed by atoms with Crippen molar-refractivity contribution in [2.45, 2.75) is 25.3 Å². The average Bonchev–Trinajstić information content (AvgIpc) is 2.88. The van der Waals surface area contributed by atoms with Gasteiger partial charge in [-0.3, -0.25) is 4.79 Å². The molecule has 1 N–H and O–H groups in total. The molecule has 1 amide bonds. The molecule has 0 saturated carbocycles. The summed E-state index contributed by atoms with van der Waals surface area (Å²) in [6, 6.07) is 6.12. The van der Waals surface area contributed by atoms with Gasteiger partial charge in [-0.15, -0.1) is 0 Å². The molecule has 0 radical (unpaired) electrons. The lowest BCUT2D eigenvalue weighted by molar-refractivity contribution is 0.0760. The summed E-state index contributed by atoms with van der Waals surface area (Å²) in [4.78, 5) is 20.9. The van der Waals surface area contributed by atoms with Gasteiger partial charge < -0.3 is 15.1 Å². The Morgan fingerprint density at radius 2 is 2.04 bits per heavy atom. The van der Waals surface area contributed by atoms with Crippen molar-refractivity contribution in [3.05, 3.63) is 42.4 Å². The van der Waals surface area contributed by atoms with E-state index in [0.717, 1.165) is 43.9 Å². The summed E-state index contributed by atoms with van der Waals surface area (Å²) >= 11 is 0. The van der Waals surface area contributed by atoms with Crippen LogP contribution in [0.1, 0.15) is 29.6 Å². The second-order valence-electron chi connectivity index (χ2n) is 6.49. The van der Waals surface area contributed by atoms with Crippen LogP contribution in [0.2, 0.25) is 0 Å². The molecule has 0 aromatic carbocycles. The van der Waals surface area contributed by atoms with Crippen LogP contribution >= 0.6 is 0 Å². The fourth-order valence-electron chi connectivity index (χ4n) is 3.02. The lowest BCUT2D eigenvalue weighted by Crippen LogP contribution is -2.32. The molecule has 0 bridgehead atoms. The van der Waals surface area contributed by atoms with Crippen molar-refractivity contribution in [2.24, 2.45) is 0 Å². The first-order valence-electron chi connectivity index (χ1n) is 8.59. The van der Waals surface area contributed by atoms with E-state index in [1.54, 1.807) is 12.3 Å². The van der Waals surface area contributed by atoms with Crippen LogP contribution in [0.3, 0.4) is 0 Å². The SMILES string of the molecule is CN(C)c1ccc(N[C@@H]2CCCN(C(=O)c3ccnnc3)CC2)cn1. The van der Waals surface area contributed by atoms with E-state index in [0.29, 0.717) is 11.6 Å². The lowest BCUT2D eigenvalue weighted by Gasteiger charge is -2.21. The van der Waals surface area contributed by atoms with Gasteiger partial charge in [-0.25, -0.2) is 4.98 Å². The topological polar surface area (TPSA) is 74.2 Å². The molecule has 2 aromatic rings. The first kappa shape index (κ1) is 17.1. The summed E-state index contributed by atoms with van der Waals surface area (Å²) in [5.74, 6) is 0.974. The summed E-state index contributed by atoms with van der Waals surface area (Å²) in [5, 5.41) is 11.1. The molecule has 0 unspecified atom stereocenters. The third-order valence-electron chi connectivity index (χ3n) is 4.42. The molecule has 1 fully saturated rings. The van der Waals surface area contributed by atoms with Gasteiger partial charge in [0.15, 0.2) is 0 Å². The lowest BCUT2D eigenvalue weighted by atomic mass is 10.1. The van der Waals surface area contributed by atoms with Gasteiger partial charge in [0.2, 0.25) is 0 Å². The number of hydrogen-bond donors (Lipinski definition) is 1. The minimum Gasteiger partial charge on any atom is -0.381 e. The molecular formula is C18H24N6O. The van der Waals surface area contributed by atoms with Gasteiger partial charge in [-0.2, -0.15) is 10.2 Å². The average molecular weight is 340 g/mol. The molecule has 0 spiro atoms. The van der Waals surface area contributed by atoms with E-state index in [4.69, 9.17) is 0 Å². The van der Waals surface area contributed by atoms with Crippen molar-refractivity contribution in [2.75, 3.05) is 37.4 Å². The van der Waals surface area contributed by atoms with Crippen LogP contribution in [-0.2, 0) is 0 Å². The van der Waals surface area contributed by atoms with Crippen LogP contribution in [0.5, 0.6) is 0 Å². The predicted octanol–water partition coefficient (Wildman–Crippen LogP) is 2.04. The van der Waals surface area contributed by atoms with Crippen molar-refractivity contribution in [1.82, 2.24) is 20.1 Å². The fraction of sp³-hybridized carbons (Fsp3) is 0.444. The number of pyridine rings is 1. The highest BCUT2D eigenvalue weighted by molar-refractivity contribution is 5.93. The summed E-state index contributed by atoms with van der Waals surface area (Å²) in [7, 11) is 3.95. The van der Waals surface area contributed by atoms with E-state index in [1.165, 1.54) is 6.20 Å². The highest BCUT2D eigenvalue weighted by atomic mass is 16.2. The van der Waals surface area contributed by atoms with Crippen molar-refractivity contribution >= 4 is 17.4 Å². The highest BCUT2D eigenvalue weighted by Gasteiger charge is 2.21. The van der Waals surface area contributed by atoms with Crippen molar-refractivity contribution in [3.63, 3.8) is 0 Å². The molecule has 1 atom stereocenters. The van der Waals surface area contributed by atoms with E-state index in [-0.39, 0.29) is 5.91 Å². The van der Waals surface area contributed by atoms with Gasteiger partial charge in [0.05, 0.1) is 29.8 Å². The van der Waals surface area contributed by atoms with Gasteiger partial charge in [0.1, 0.15) is 5.82 Å². The molecule has 2 aromatic heterocycles. The normalized spacial score (nSPS) is 17.7. The van der Waals surface area contributed by atoms with Crippen LogP contribution in [0, 0.1) is 0 Å². The standard InChI is InChI=1S/C18H24N6O/c1-23(2)17-6-5-16(13-19-17)22-15-4-3-10-24(11-8-15)18(25)14-7-9-20-21-12-14/h5-7,9,12-13,15,22H,3-4,8,10-11H2,1-2H3/t15-/m1/s1. The molecule has 25 heavy (non-hydrogen) atoms. The Morgan fingerprint density at radius 1 is 1.16 bits per heavy atom. The smallest absolute Gasteiger partial charge is 0.255 e. The summed E-state index contributed by atoms with van der Waals surface area (Å²) < 4.78 is 0. The summed E-state index contributed by atoms with van der Waals surface area (Å²) in [6.45, 7) is 1.51. The van der Waals surface area contributed by atoms with Crippen LogP contribution in [0.25, 0.3) is 0 Å². The number of rotatable bonds is 4. The van der Waals surface area contributed by atoms with Gasteiger partial charge in [0.25, 0.3) is 5.91 Å². The maximum atomic E-state index is 12.5. The predicted molar refractivity (Wildman–Crippen MR) is 97.8 cm³/mol. The van der Waals surface area contributed by atoms with Crippen LogP contribution < -0.4 is 10.2 Å². The number of nitrogens with one attached hydrogen (secondary N) is 1. The van der Waals surface area contributed by atoms with Crippen molar-refractivity contribution < 1.29 is 4.79 Å². The Bertz CT molecular complexity index is 688. The molecule has 1 aliphatic heterocycles. The van der Waals surface area contributed by atoms with Crippen LogP contribution in [0.15, 0.2) is 36.8 Å². The van der Waals surface area contributed by atoms with Gasteiger partial charge in [0, 0.05) is 33.2 Å². The number of amides is 1. The van der Waals surface area contributed by atoms with Gasteiger partial charge in [-0.05, 0) is 37.5 Å². The summed E-state index contributed by atoms with van der Waals surface area (Å²) in [5.41, 5.74) is 1.62. The summed E-state index contributed by atoms with van der Waals surface area (Å²) in [6.07, 6.45) is 7.88. The number of carbonyl (C=O) groups is 1. The Kier molecular flexibility index (Phi) is 5.42. The van der Waals surface area contributed by atoms with Crippen LogP contribution in [0.4, 0.5) is 11.5 Å². The van der Waals surface area contributed by atoms with E-state index in [9.17, 15) is 4.79 Å². The van der Waals surface area contributed by atoms with Gasteiger partial charge in [-0.1, -0.05) is 0 Å². The number of nitrogens with zero attached hydrogens (tertiary/aromatic N) is 5.